The van der Waals surface area contributed by atoms with Gasteiger partial charge in [-0.3, -0.25) is 0 Å². The highest BCUT2D eigenvalue weighted by atomic mass is 16.5. The van der Waals surface area contributed by atoms with Crippen molar-refractivity contribution in [2.75, 3.05) is 26.2 Å². The molecule has 0 saturated carbocycles. The van der Waals surface area contributed by atoms with Crippen LogP contribution in [0.2, 0.25) is 0 Å². The Morgan fingerprint density at radius 1 is 0.720 bits per heavy atom. The lowest BCUT2D eigenvalue weighted by Gasteiger charge is -2.17. The Labute approximate surface area is 151 Å². The van der Waals surface area contributed by atoms with E-state index in [-0.39, 0.29) is 0 Å². The second kappa shape index (κ2) is 10.1. The standard InChI is InChI=1S/C22H29NO2/c1-2-7-16-23(15-6-1)17-8-18-24-21-11-13-22(14-12-21)25-19-20-9-4-3-5-10-20/h3-5,9-14H,1-2,6-8,15-19H2/p+1. The number of benzene rings is 2. The molecule has 0 unspecified atom stereocenters. The average molecular weight is 340 g/mol. The predicted octanol–water partition coefficient (Wildman–Crippen LogP) is 3.49. The Kier molecular flexibility index (Phi) is 7.19. The molecule has 0 radical (unpaired) electrons. The third-order valence-electron chi connectivity index (χ3n) is 4.83. The van der Waals surface area contributed by atoms with Gasteiger partial charge in [0.2, 0.25) is 0 Å². The van der Waals surface area contributed by atoms with Crippen LogP contribution in [0.3, 0.4) is 0 Å². The molecule has 2 aromatic carbocycles. The molecule has 1 aliphatic heterocycles. The molecule has 1 heterocycles. The summed E-state index contributed by atoms with van der Waals surface area (Å²) in [5.41, 5.74) is 1.18. The summed E-state index contributed by atoms with van der Waals surface area (Å²) in [6.45, 7) is 5.31. The molecule has 2 aromatic rings. The normalized spacial score (nSPS) is 15.5. The van der Waals surface area contributed by atoms with Crippen LogP contribution in [-0.4, -0.2) is 26.2 Å². The van der Waals surface area contributed by atoms with Crippen molar-refractivity contribution in [3.05, 3.63) is 60.2 Å². The molecule has 1 fully saturated rings. The summed E-state index contributed by atoms with van der Waals surface area (Å²) in [5, 5.41) is 0. The van der Waals surface area contributed by atoms with Gasteiger partial charge in [0.1, 0.15) is 18.1 Å². The quantitative estimate of drug-likeness (QED) is 0.744. The number of quaternary nitrogens is 1. The highest BCUT2D eigenvalue weighted by Crippen LogP contribution is 2.18. The SMILES string of the molecule is c1ccc(COc2ccc(OCCC[NH+]3CCCCCC3)cc2)cc1. The van der Waals surface area contributed by atoms with Crippen LogP contribution in [0, 0.1) is 0 Å². The van der Waals surface area contributed by atoms with Crippen molar-refractivity contribution in [2.45, 2.75) is 38.7 Å². The Morgan fingerprint density at radius 3 is 2.04 bits per heavy atom. The highest BCUT2D eigenvalue weighted by molar-refractivity contribution is 5.31. The van der Waals surface area contributed by atoms with Crippen molar-refractivity contribution in [2.24, 2.45) is 0 Å². The number of nitrogens with one attached hydrogen (secondary N) is 1. The molecule has 25 heavy (non-hydrogen) atoms. The van der Waals surface area contributed by atoms with Gasteiger partial charge in [-0.1, -0.05) is 30.3 Å². The van der Waals surface area contributed by atoms with Gasteiger partial charge in [0, 0.05) is 6.42 Å². The zero-order valence-electron chi connectivity index (χ0n) is 15.1. The summed E-state index contributed by atoms with van der Waals surface area (Å²) in [6, 6.07) is 18.2. The summed E-state index contributed by atoms with van der Waals surface area (Å²) in [7, 11) is 0. The van der Waals surface area contributed by atoms with Gasteiger partial charge in [-0.05, 0) is 55.5 Å². The molecule has 0 aliphatic carbocycles. The molecule has 0 atom stereocenters. The number of hydrogen-bond donors (Lipinski definition) is 1. The molecule has 3 rings (SSSR count). The second-order valence-electron chi connectivity index (χ2n) is 6.86. The van der Waals surface area contributed by atoms with E-state index in [4.69, 9.17) is 9.47 Å². The van der Waals surface area contributed by atoms with Crippen molar-refractivity contribution < 1.29 is 14.4 Å². The molecule has 1 N–H and O–H groups in total. The third kappa shape index (κ3) is 6.43. The zero-order valence-corrected chi connectivity index (χ0v) is 15.1. The fourth-order valence-corrected chi connectivity index (χ4v) is 3.36. The monoisotopic (exact) mass is 340 g/mol. The third-order valence-corrected chi connectivity index (χ3v) is 4.83. The molecule has 3 heteroatoms. The Bertz CT molecular complexity index is 589. The van der Waals surface area contributed by atoms with Crippen LogP contribution in [0.5, 0.6) is 11.5 Å². The first-order valence-corrected chi connectivity index (χ1v) is 9.63. The van der Waals surface area contributed by atoms with Gasteiger partial charge in [-0.25, -0.2) is 0 Å². The second-order valence-corrected chi connectivity index (χ2v) is 6.86. The van der Waals surface area contributed by atoms with Crippen LogP contribution < -0.4 is 14.4 Å². The van der Waals surface area contributed by atoms with Crippen LogP contribution in [0.4, 0.5) is 0 Å². The van der Waals surface area contributed by atoms with Crippen LogP contribution in [-0.2, 0) is 6.61 Å². The number of hydrogen-bond acceptors (Lipinski definition) is 2. The summed E-state index contributed by atoms with van der Waals surface area (Å²) >= 11 is 0. The Hall–Kier alpha value is -2.00. The predicted molar refractivity (Wildman–Crippen MR) is 101 cm³/mol. The summed E-state index contributed by atoms with van der Waals surface area (Å²) in [6.07, 6.45) is 6.74. The van der Waals surface area contributed by atoms with Gasteiger partial charge in [0.05, 0.1) is 26.2 Å². The lowest BCUT2D eigenvalue weighted by Crippen LogP contribution is -3.11. The molecule has 0 amide bonds. The number of rotatable bonds is 8. The average Bonchev–Trinajstić information content (AvgIpc) is 2.94. The van der Waals surface area contributed by atoms with E-state index in [9.17, 15) is 0 Å². The molecule has 0 bridgehead atoms. The fourth-order valence-electron chi connectivity index (χ4n) is 3.36. The van der Waals surface area contributed by atoms with Gasteiger partial charge in [0.15, 0.2) is 0 Å². The van der Waals surface area contributed by atoms with E-state index in [0.717, 1.165) is 24.5 Å². The van der Waals surface area contributed by atoms with Crippen LogP contribution in [0.25, 0.3) is 0 Å². The van der Waals surface area contributed by atoms with E-state index in [1.807, 2.05) is 42.5 Å². The van der Waals surface area contributed by atoms with Gasteiger partial charge < -0.3 is 14.4 Å². The molecule has 0 spiro atoms. The van der Waals surface area contributed by atoms with Crippen LogP contribution in [0.1, 0.15) is 37.7 Å². The van der Waals surface area contributed by atoms with E-state index >= 15 is 0 Å². The minimum absolute atomic E-state index is 0.597. The molecule has 3 nitrogen and oxygen atoms in total. The molecular weight excluding hydrogens is 310 g/mol. The first-order chi connectivity index (χ1) is 12.4. The largest absolute Gasteiger partial charge is 0.493 e. The van der Waals surface area contributed by atoms with Crippen molar-refractivity contribution in [3.8, 4) is 11.5 Å². The summed E-state index contributed by atoms with van der Waals surface area (Å²) in [5.74, 6) is 1.81. The minimum Gasteiger partial charge on any atom is -0.493 e. The molecule has 1 aliphatic rings. The molecular formula is C22H30NO2+. The zero-order chi connectivity index (χ0) is 17.2. The lowest BCUT2D eigenvalue weighted by molar-refractivity contribution is -0.899. The summed E-state index contributed by atoms with van der Waals surface area (Å²) in [4.78, 5) is 1.76. The van der Waals surface area contributed by atoms with Crippen molar-refractivity contribution in [1.29, 1.82) is 0 Å². The first-order valence-electron chi connectivity index (χ1n) is 9.63. The smallest absolute Gasteiger partial charge is 0.120 e. The lowest BCUT2D eigenvalue weighted by atomic mass is 10.2. The number of ether oxygens (including phenoxy) is 2. The molecule has 134 valence electrons. The first kappa shape index (κ1) is 17.8. The minimum atomic E-state index is 0.597. The van der Waals surface area contributed by atoms with E-state index < -0.39 is 0 Å². The number of likely N-dealkylation sites (tertiary alicyclic amines) is 1. The molecule has 1 saturated heterocycles. The Balaban J connectivity index is 1.34. The topological polar surface area (TPSA) is 22.9 Å². The van der Waals surface area contributed by atoms with E-state index in [0.29, 0.717) is 6.61 Å². The highest BCUT2D eigenvalue weighted by Gasteiger charge is 2.11. The van der Waals surface area contributed by atoms with Crippen molar-refractivity contribution in [3.63, 3.8) is 0 Å². The van der Waals surface area contributed by atoms with Crippen LogP contribution in [0.15, 0.2) is 54.6 Å². The van der Waals surface area contributed by atoms with E-state index in [1.165, 1.54) is 50.9 Å². The maximum absolute atomic E-state index is 5.88. The van der Waals surface area contributed by atoms with E-state index in [1.54, 1.807) is 4.90 Å². The fraction of sp³-hybridized carbons (Fsp3) is 0.455. The van der Waals surface area contributed by atoms with Gasteiger partial charge in [0.25, 0.3) is 0 Å². The summed E-state index contributed by atoms with van der Waals surface area (Å²) < 4.78 is 11.7. The molecule has 0 aromatic heterocycles. The van der Waals surface area contributed by atoms with E-state index in [2.05, 4.69) is 12.1 Å². The van der Waals surface area contributed by atoms with Crippen molar-refractivity contribution in [1.82, 2.24) is 0 Å². The van der Waals surface area contributed by atoms with Gasteiger partial charge in [-0.2, -0.15) is 0 Å². The maximum Gasteiger partial charge on any atom is 0.120 e. The van der Waals surface area contributed by atoms with Crippen molar-refractivity contribution >= 4 is 0 Å². The Morgan fingerprint density at radius 2 is 1.36 bits per heavy atom. The van der Waals surface area contributed by atoms with Gasteiger partial charge in [-0.15, -0.1) is 0 Å². The maximum atomic E-state index is 5.88. The van der Waals surface area contributed by atoms with Crippen LogP contribution >= 0.6 is 0 Å². The van der Waals surface area contributed by atoms with Gasteiger partial charge >= 0.3 is 0 Å².